The van der Waals surface area contributed by atoms with Crippen molar-refractivity contribution in [3.63, 3.8) is 0 Å². The molecule has 0 atom stereocenters. The average Bonchev–Trinajstić information content (AvgIpc) is 2.89. The van der Waals surface area contributed by atoms with Crippen LogP contribution in [0.25, 0.3) is 0 Å². The van der Waals surface area contributed by atoms with Gasteiger partial charge in [-0.3, -0.25) is 24.5 Å². The highest BCUT2D eigenvalue weighted by Gasteiger charge is 2.08. The second-order valence-electron chi connectivity index (χ2n) is 7.24. The molecular weight excluding hydrogens is 428 g/mol. The van der Waals surface area contributed by atoms with Crippen molar-refractivity contribution >= 4 is 40.8 Å². The Morgan fingerprint density at radius 3 is 1.82 bits per heavy atom. The van der Waals surface area contributed by atoms with E-state index in [1.165, 1.54) is 0 Å². The van der Waals surface area contributed by atoms with Gasteiger partial charge in [0.1, 0.15) is 0 Å². The highest BCUT2D eigenvalue weighted by molar-refractivity contribution is 6.05. The first-order valence-corrected chi connectivity index (χ1v) is 10.5. The number of aromatic nitrogens is 2. The molecular formula is C26H22N6O2. The number of rotatable bonds is 7. The zero-order valence-corrected chi connectivity index (χ0v) is 18.4. The maximum atomic E-state index is 12.4. The van der Waals surface area contributed by atoms with E-state index in [9.17, 15) is 9.59 Å². The van der Waals surface area contributed by atoms with Gasteiger partial charge in [-0.15, -0.1) is 0 Å². The smallest absolute Gasteiger partial charge is 0.255 e. The van der Waals surface area contributed by atoms with Crippen LogP contribution >= 0.6 is 0 Å². The van der Waals surface area contributed by atoms with Crippen LogP contribution in [0.2, 0.25) is 0 Å². The number of nitrogens with one attached hydrogen (secondary N) is 3. The summed E-state index contributed by atoms with van der Waals surface area (Å²) < 4.78 is 0. The van der Waals surface area contributed by atoms with Crippen LogP contribution in [0.5, 0.6) is 0 Å². The summed E-state index contributed by atoms with van der Waals surface area (Å²) in [4.78, 5) is 37.1. The van der Waals surface area contributed by atoms with Crippen LogP contribution in [-0.4, -0.2) is 35.0 Å². The van der Waals surface area contributed by atoms with Crippen LogP contribution in [0.4, 0.5) is 22.7 Å². The first-order chi connectivity index (χ1) is 16.6. The van der Waals surface area contributed by atoms with Crippen molar-refractivity contribution in [2.45, 2.75) is 0 Å². The van der Waals surface area contributed by atoms with E-state index in [2.05, 4.69) is 30.9 Å². The van der Waals surface area contributed by atoms with Gasteiger partial charge in [0.25, 0.3) is 11.8 Å². The van der Waals surface area contributed by atoms with Crippen molar-refractivity contribution in [3.05, 3.63) is 108 Å². The molecule has 0 aliphatic heterocycles. The Bertz CT molecular complexity index is 1310. The lowest BCUT2D eigenvalue weighted by atomic mass is 10.2. The molecule has 4 rings (SSSR count). The summed E-state index contributed by atoms with van der Waals surface area (Å²) in [7, 11) is 1.81. The molecule has 2 heterocycles. The molecule has 8 heteroatoms. The number of pyridine rings is 2. The molecule has 0 fully saturated rings. The fraction of sp³-hybridized carbons (Fsp3) is 0.0385. The van der Waals surface area contributed by atoms with Crippen molar-refractivity contribution in [1.29, 1.82) is 0 Å². The van der Waals surface area contributed by atoms with E-state index >= 15 is 0 Å². The SMILES string of the molecule is CNc1ccc(NC(=O)c2ccncc2)cc1N=Cc1ccc(NC(=O)c2ccncc2)cc1. The third-order valence-corrected chi connectivity index (χ3v) is 4.93. The first-order valence-electron chi connectivity index (χ1n) is 10.5. The fourth-order valence-electron chi connectivity index (χ4n) is 3.14. The molecule has 0 spiro atoms. The van der Waals surface area contributed by atoms with Crippen molar-refractivity contribution in [2.24, 2.45) is 4.99 Å². The van der Waals surface area contributed by atoms with Crippen LogP contribution in [-0.2, 0) is 0 Å². The van der Waals surface area contributed by atoms with E-state index in [-0.39, 0.29) is 11.8 Å². The largest absolute Gasteiger partial charge is 0.386 e. The lowest BCUT2D eigenvalue weighted by Gasteiger charge is -2.10. The summed E-state index contributed by atoms with van der Waals surface area (Å²) >= 11 is 0. The van der Waals surface area contributed by atoms with Crippen molar-refractivity contribution in [3.8, 4) is 0 Å². The number of amides is 2. The molecule has 0 aliphatic rings. The lowest BCUT2D eigenvalue weighted by Crippen LogP contribution is -2.11. The molecule has 0 unspecified atom stereocenters. The van der Waals surface area contributed by atoms with Gasteiger partial charge in [0, 0.05) is 60.6 Å². The van der Waals surface area contributed by atoms with Crippen LogP contribution < -0.4 is 16.0 Å². The van der Waals surface area contributed by atoms with Gasteiger partial charge in [0.05, 0.1) is 11.4 Å². The van der Waals surface area contributed by atoms with Gasteiger partial charge in [0.15, 0.2) is 0 Å². The fourth-order valence-corrected chi connectivity index (χ4v) is 3.14. The molecule has 168 valence electrons. The summed E-state index contributed by atoms with van der Waals surface area (Å²) in [5.41, 5.74) is 4.71. The molecule has 2 amide bonds. The van der Waals surface area contributed by atoms with E-state index in [1.807, 2.05) is 43.4 Å². The Kier molecular flexibility index (Phi) is 7.00. The highest BCUT2D eigenvalue weighted by atomic mass is 16.2. The molecule has 2 aromatic carbocycles. The zero-order chi connectivity index (χ0) is 23.8. The second-order valence-corrected chi connectivity index (χ2v) is 7.24. The average molecular weight is 451 g/mol. The molecule has 34 heavy (non-hydrogen) atoms. The van der Waals surface area contributed by atoms with Gasteiger partial charge in [-0.1, -0.05) is 12.1 Å². The van der Waals surface area contributed by atoms with E-state index < -0.39 is 0 Å². The summed E-state index contributed by atoms with van der Waals surface area (Å²) in [6.45, 7) is 0. The maximum Gasteiger partial charge on any atom is 0.255 e. The first kappa shape index (κ1) is 22.3. The number of carbonyl (C=O) groups is 2. The topological polar surface area (TPSA) is 108 Å². The number of hydrogen-bond donors (Lipinski definition) is 3. The van der Waals surface area contributed by atoms with E-state index in [1.54, 1.807) is 61.3 Å². The maximum absolute atomic E-state index is 12.4. The van der Waals surface area contributed by atoms with Crippen LogP contribution in [0.1, 0.15) is 26.3 Å². The normalized spacial score (nSPS) is 10.6. The third kappa shape index (κ3) is 5.68. The van der Waals surface area contributed by atoms with Crippen LogP contribution in [0.3, 0.4) is 0 Å². The minimum atomic E-state index is -0.223. The molecule has 2 aromatic heterocycles. The number of carbonyl (C=O) groups excluding carboxylic acids is 2. The van der Waals surface area contributed by atoms with Crippen molar-refractivity contribution < 1.29 is 9.59 Å². The standard InChI is InChI=1S/C26H22N6O2/c1-27-23-7-6-22(32-26(34)20-10-14-29-15-11-20)16-24(23)30-17-18-2-4-21(5-3-18)31-25(33)19-8-12-28-13-9-19/h2-17,27H,1H3,(H,31,33)(H,32,34). The predicted octanol–water partition coefficient (Wildman–Crippen LogP) is 4.77. The number of benzene rings is 2. The van der Waals surface area contributed by atoms with Crippen LogP contribution in [0, 0.1) is 0 Å². The molecule has 0 saturated heterocycles. The number of anilines is 3. The summed E-state index contributed by atoms with van der Waals surface area (Å²) in [6.07, 6.45) is 8.02. The van der Waals surface area contributed by atoms with Gasteiger partial charge in [-0.25, -0.2) is 0 Å². The van der Waals surface area contributed by atoms with Gasteiger partial charge < -0.3 is 16.0 Å². The van der Waals surface area contributed by atoms with Crippen molar-refractivity contribution in [2.75, 3.05) is 23.0 Å². The summed E-state index contributed by atoms with van der Waals surface area (Å²) in [6, 6.07) is 19.4. The molecule has 0 aliphatic carbocycles. The van der Waals surface area contributed by atoms with E-state index in [4.69, 9.17) is 0 Å². The zero-order valence-electron chi connectivity index (χ0n) is 18.4. The summed E-state index contributed by atoms with van der Waals surface area (Å²) in [5, 5.41) is 8.83. The van der Waals surface area contributed by atoms with Gasteiger partial charge in [-0.2, -0.15) is 0 Å². The van der Waals surface area contributed by atoms with Gasteiger partial charge in [-0.05, 0) is 60.2 Å². The molecule has 3 N–H and O–H groups in total. The highest BCUT2D eigenvalue weighted by Crippen LogP contribution is 2.28. The Hall–Kier alpha value is -4.85. The quantitative estimate of drug-likeness (QED) is 0.351. The van der Waals surface area contributed by atoms with E-state index in [0.29, 0.717) is 28.2 Å². The molecule has 0 saturated carbocycles. The summed E-state index contributed by atoms with van der Waals surface area (Å²) in [5.74, 6) is -0.424. The van der Waals surface area contributed by atoms with E-state index in [0.717, 1.165) is 11.3 Å². The second kappa shape index (κ2) is 10.6. The molecule has 0 bridgehead atoms. The Balaban J connectivity index is 1.45. The number of aliphatic imine (C=N–C) groups is 1. The minimum Gasteiger partial charge on any atom is -0.386 e. The van der Waals surface area contributed by atoms with Crippen molar-refractivity contribution in [1.82, 2.24) is 9.97 Å². The molecule has 0 radical (unpaired) electrons. The predicted molar refractivity (Wildman–Crippen MR) is 134 cm³/mol. The Morgan fingerprint density at radius 1 is 0.735 bits per heavy atom. The van der Waals surface area contributed by atoms with Gasteiger partial charge >= 0.3 is 0 Å². The molecule has 4 aromatic rings. The number of nitrogens with zero attached hydrogens (tertiary/aromatic N) is 3. The third-order valence-electron chi connectivity index (χ3n) is 4.93. The molecule has 8 nitrogen and oxygen atoms in total. The number of hydrogen-bond acceptors (Lipinski definition) is 6. The monoisotopic (exact) mass is 450 g/mol. The van der Waals surface area contributed by atoms with Crippen LogP contribution in [0.15, 0.2) is 96.5 Å². The van der Waals surface area contributed by atoms with Gasteiger partial charge in [0.2, 0.25) is 0 Å². The Morgan fingerprint density at radius 2 is 1.26 bits per heavy atom. The Labute approximate surface area is 196 Å². The lowest BCUT2D eigenvalue weighted by molar-refractivity contribution is 0.101. The minimum absolute atomic E-state index is 0.201.